The van der Waals surface area contributed by atoms with E-state index in [4.69, 9.17) is 9.47 Å². The second-order valence-electron chi connectivity index (χ2n) is 5.61. The minimum Gasteiger partial charge on any atom is -0.454 e. The first kappa shape index (κ1) is 13.8. The zero-order valence-electron chi connectivity index (χ0n) is 13.2. The van der Waals surface area contributed by atoms with Crippen molar-refractivity contribution >= 4 is 16.9 Å². The number of rotatable bonds is 3. The standard InChI is InChI=1S/C16H17N5O2/c1-9(11-4-5-12-13(6-11)23-8-22-12)19-16-15-14(17-7-18-16)10(2)20-21(15)3/h4-7,9H,8H2,1-3H3,(H,17,18,19)/t9-/m0/s1. The van der Waals surface area contributed by atoms with E-state index in [9.17, 15) is 0 Å². The summed E-state index contributed by atoms with van der Waals surface area (Å²) in [6, 6.07) is 6.00. The molecular formula is C16H17N5O2. The molecule has 0 fully saturated rings. The number of benzene rings is 1. The predicted octanol–water partition coefficient (Wildman–Crippen LogP) is 2.57. The topological polar surface area (TPSA) is 74.1 Å². The Bertz CT molecular complexity index is 890. The van der Waals surface area contributed by atoms with Crippen molar-refractivity contribution in [2.75, 3.05) is 12.1 Å². The summed E-state index contributed by atoms with van der Waals surface area (Å²) in [6.45, 7) is 4.30. The van der Waals surface area contributed by atoms with Gasteiger partial charge in [0.2, 0.25) is 6.79 Å². The van der Waals surface area contributed by atoms with E-state index in [0.717, 1.165) is 39.6 Å². The Morgan fingerprint density at radius 1 is 1.22 bits per heavy atom. The largest absolute Gasteiger partial charge is 0.454 e. The molecule has 3 aromatic rings. The van der Waals surface area contributed by atoms with Gasteiger partial charge in [0.05, 0.1) is 11.7 Å². The Kier molecular flexibility index (Phi) is 3.07. The third-order valence-electron chi connectivity index (χ3n) is 4.04. The van der Waals surface area contributed by atoms with Crippen molar-refractivity contribution in [2.45, 2.75) is 19.9 Å². The van der Waals surface area contributed by atoms with Crippen LogP contribution in [0.15, 0.2) is 24.5 Å². The van der Waals surface area contributed by atoms with Crippen LogP contribution in [0.1, 0.15) is 24.2 Å². The van der Waals surface area contributed by atoms with Crippen LogP contribution in [0, 0.1) is 6.92 Å². The van der Waals surface area contributed by atoms with Gasteiger partial charge in [-0.3, -0.25) is 4.68 Å². The normalized spacial score (nSPS) is 14.2. The van der Waals surface area contributed by atoms with E-state index in [1.165, 1.54) is 0 Å². The molecule has 0 bridgehead atoms. The summed E-state index contributed by atoms with van der Waals surface area (Å²) in [7, 11) is 1.90. The smallest absolute Gasteiger partial charge is 0.231 e. The molecule has 0 saturated heterocycles. The van der Waals surface area contributed by atoms with Crippen molar-refractivity contribution in [1.29, 1.82) is 0 Å². The Morgan fingerprint density at radius 2 is 2.04 bits per heavy atom. The molecule has 0 unspecified atom stereocenters. The first-order chi connectivity index (χ1) is 11.1. The Labute approximate surface area is 133 Å². The van der Waals surface area contributed by atoms with Crippen molar-refractivity contribution in [1.82, 2.24) is 19.7 Å². The lowest BCUT2D eigenvalue weighted by Gasteiger charge is -2.16. The molecule has 7 nitrogen and oxygen atoms in total. The molecule has 1 aliphatic heterocycles. The Morgan fingerprint density at radius 3 is 2.91 bits per heavy atom. The summed E-state index contributed by atoms with van der Waals surface area (Å²) in [5, 5.41) is 7.85. The lowest BCUT2D eigenvalue weighted by molar-refractivity contribution is 0.174. The molecule has 118 valence electrons. The van der Waals surface area contributed by atoms with Gasteiger partial charge in [-0.25, -0.2) is 9.97 Å². The monoisotopic (exact) mass is 311 g/mol. The number of anilines is 1. The summed E-state index contributed by atoms with van der Waals surface area (Å²) < 4.78 is 12.6. The summed E-state index contributed by atoms with van der Waals surface area (Å²) >= 11 is 0. The van der Waals surface area contributed by atoms with Crippen molar-refractivity contribution in [3.63, 3.8) is 0 Å². The van der Waals surface area contributed by atoms with E-state index < -0.39 is 0 Å². The van der Waals surface area contributed by atoms with Crippen LogP contribution in [0.3, 0.4) is 0 Å². The predicted molar refractivity (Wildman–Crippen MR) is 85.6 cm³/mol. The van der Waals surface area contributed by atoms with Crippen molar-refractivity contribution in [3.8, 4) is 11.5 Å². The van der Waals surface area contributed by atoms with Gasteiger partial charge in [-0.15, -0.1) is 0 Å². The van der Waals surface area contributed by atoms with Gasteiger partial charge in [0.15, 0.2) is 17.3 Å². The number of aryl methyl sites for hydroxylation is 2. The van der Waals surface area contributed by atoms with Crippen LogP contribution < -0.4 is 14.8 Å². The maximum absolute atomic E-state index is 5.44. The summed E-state index contributed by atoms with van der Waals surface area (Å²) in [6.07, 6.45) is 1.56. The lowest BCUT2D eigenvalue weighted by atomic mass is 10.1. The number of hydrogen-bond acceptors (Lipinski definition) is 6. The summed E-state index contributed by atoms with van der Waals surface area (Å²) in [5.74, 6) is 2.33. The van der Waals surface area contributed by atoms with E-state index in [0.29, 0.717) is 0 Å². The van der Waals surface area contributed by atoms with E-state index in [1.54, 1.807) is 11.0 Å². The lowest BCUT2D eigenvalue weighted by Crippen LogP contribution is -2.09. The molecule has 7 heteroatoms. The number of hydrogen-bond donors (Lipinski definition) is 1. The van der Waals surface area contributed by atoms with Crippen molar-refractivity contribution in [2.24, 2.45) is 7.05 Å². The van der Waals surface area contributed by atoms with Crippen LogP contribution in [0.4, 0.5) is 5.82 Å². The van der Waals surface area contributed by atoms with Gasteiger partial charge in [0.1, 0.15) is 17.4 Å². The molecule has 3 heterocycles. The molecule has 4 rings (SSSR count). The Balaban J connectivity index is 1.68. The number of ether oxygens (including phenoxy) is 2. The Hall–Kier alpha value is -2.83. The first-order valence-corrected chi connectivity index (χ1v) is 7.44. The molecule has 0 amide bonds. The fourth-order valence-electron chi connectivity index (χ4n) is 2.85. The van der Waals surface area contributed by atoms with Crippen molar-refractivity contribution in [3.05, 3.63) is 35.8 Å². The number of fused-ring (bicyclic) bond motifs is 2. The maximum atomic E-state index is 5.44. The molecule has 2 aromatic heterocycles. The third kappa shape index (κ3) is 2.25. The maximum Gasteiger partial charge on any atom is 0.231 e. The average molecular weight is 311 g/mol. The van der Waals surface area contributed by atoms with Gasteiger partial charge in [0.25, 0.3) is 0 Å². The SMILES string of the molecule is Cc1nn(C)c2c(N[C@@H](C)c3ccc4c(c3)OCO4)ncnc12. The molecular weight excluding hydrogens is 294 g/mol. The zero-order chi connectivity index (χ0) is 16.0. The minimum absolute atomic E-state index is 0.0535. The highest BCUT2D eigenvalue weighted by Crippen LogP contribution is 2.35. The molecule has 1 atom stereocenters. The average Bonchev–Trinajstić information content (AvgIpc) is 3.12. The number of aromatic nitrogens is 4. The highest BCUT2D eigenvalue weighted by atomic mass is 16.7. The summed E-state index contributed by atoms with van der Waals surface area (Å²) in [4.78, 5) is 8.70. The second-order valence-corrected chi connectivity index (χ2v) is 5.61. The number of nitrogens with zero attached hydrogens (tertiary/aromatic N) is 4. The van der Waals surface area contributed by atoms with Crippen LogP contribution in [-0.2, 0) is 7.05 Å². The fourth-order valence-corrected chi connectivity index (χ4v) is 2.85. The first-order valence-electron chi connectivity index (χ1n) is 7.44. The molecule has 0 spiro atoms. The molecule has 1 aliphatic rings. The van der Waals surface area contributed by atoms with E-state index in [2.05, 4.69) is 27.3 Å². The van der Waals surface area contributed by atoms with Crippen LogP contribution in [-0.4, -0.2) is 26.5 Å². The molecule has 0 aliphatic carbocycles. The minimum atomic E-state index is 0.0535. The van der Waals surface area contributed by atoms with Gasteiger partial charge in [-0.2, -0.15) is 5.10 Å². The van der Waals surface area contributed by atoms with Gasteiger partial charge in [0, 0.05) is 7.05 Å². The summed E-state index contributed by atoms with van der Waals surface area (Å²) in [5.41, 5.74) is 3.75. The van der Waals surface area contributed by atoms with Crippen LogP contribution in [0.25, 0.3) is 11.0 Å². The van der Waals surface area contributed by atoms with Crippen LogP contribution in [0.2, 0.25) is 0 Å². The molecule has 1 N–H and O–H groups in total. The van der Waals surface area contributed by atoms with E-state index in [-0.39, 0.29) is 12.8 Å². The second kappa shape index (κ2) is 5.12. The molecule has 0 radical (unpaired) electrons. The van der Waals surface area contributed by atoms with Gasteiger partial charge in [-0.1, -0.05) is 6.07 Å². The van der Waals surface area contributed by atoms with Crippen LogP contribution >= 0.6 is 0 Å². The van der Waals surface area contributed by atoms with Gasteiger partial charge < -0.3 is 14.8 Å². The zero-order valence-corrected chi connectivity index (χ0v) is 13.2. The molecule has 1 aromatic carbocycles. The van der Waals surface area contributed by atoms with Crippen molar-refractivity contribution < 1.29 is 9.47 Å². The molecule has 23 heavy (non-hydrogen) atoms. The van der Waals surface area contributed by atoms with Crippen LogP contribution in [0.5, 0.6) is 11.5 Å². The molecule has 0 saturated carbocycles. The van der Waals surface area contributed by atoms with E-state index in [1.807, 2.05) is 32.2 Å². The van der Waals surface area contributed by atoms with Gasteiger partial charge in [-0.05, 0) is 31.5 Å². The fraction of sp³-hybridized carbons (Fsp3) is 0.312. The highest BCUT2D eigenvalue weighted by Gasteiger charge is 2.18. The third-order valence-corrected chi connectivity index (χ3v) is 4.04. The highest BCUT2D eigenvalue weighted by molar-refractivity contribution is 5.87. The van der Waals surface area contributed by atoms with Gasteiger partial charge >= 0.3 is 0 Å². The number of nitrogens with one attached hydrogen (secondary N) is 1. The quantitative estimate of drug-likeness (QED) is 0.801. The van der Waals surface area contributed by atoms with E-state index >= 15 is 0 Å².